The van der Waals surface area contributed by atoms with Crippen molar-refractivity contribution in [3.63, 3.8) is 0 Å². The zero-order chi connectivity index (χ0) is 12.3. The van der Waals surface area contributed by atoms with Crippen LogP contribution in [0.1, 0.15) is 23.2 Å². The summed E-state index contributed by atoms with van der Waals surface area (Å²) in [5.41, 5.74) is 0.223. The predicted octanol–water partition coefficient (Wildman–Crippen LogP) is 1.40. The Morgan fingerprint density at radius 1 is 1.47 bits per heavy atom. The van der Waals surface area contributed by atoms with E-state index in [9.17, 15) is 4.79 Å². The molecule has 0 spiro atoms. The molecule has 92 valence electrons. The number of hydrogen-bond acceptors (Lipinski definition) is 4. The molecule has 1 saturated heterocycles. The second kappa shape index (κ2) is 5.14. The molecule has 0 aliphatic carbocycles. The van der Waals surface area contributed by atoms with Crippen molar-refractivity contribution in [2.45, 2.75) is 18.9 Å². The van der Waals surface area contributed by atoms with Crippen LogP contribution in [0.2, 0.25) is 0 Å². The Bertz CT molecular complexity index is 383. The number of carboxylic acids is 1. The van der Waals surface area contributed by atoms with Crippen molar-refractivity contribution in [3.05, 3.63) is 23.9 Å². The first-order chi connectivity index (χ1) is 8.20. The van der Waals surface area contributed by atoms with Crippen molar-refractivity contribution in [1.82, 2.24) is 4.98 Å². The van der Waals surface area contributed by atoms with Crippen LogP contribution in [-0.2, 0) is 4.74 Å². The summed E-state index contributed by atoms with van der Waals surface area (Å²) in [6.45, 7) is 1.80. The molecule has 0 aromatic carbocycles. The van der Waals surface area contributed by atoms with Gasteiger partial charge in [-0.3, -0.25) is 0 Å². The maximum absolute atomic E-state index is 10.7. The quantitative estimate of drug-likeness (QED) is 0.859. The molecule has 0 bridgehead atoms. The highest BCUT2D eigenvalue weighted by atomic mass is 16.5. The molecule has 2 heterocycles. The van der Waals surface area contributed by atoms with Gasteiger partial charge in [0.1, 0.15) is 5.82 Å². The zero-order valence-electron chi connectivity index (χ0n) is 9.80. The standard InChI is InChI=1S/C12H16N2O3/c1-17-10-4-6-14(7-5-10)11-3-2-9(8-13-11)12(15)16/h2-3,8,10H,4-7H2,1H3,(H,15,16). The maximum Gasteiger partial charge on any atom is 0.337 e. The van der Waals surface area contributed by atoms with Gasteiger partial charge in [0.25, 0.3) is 0 Å². The number of rotatable bonds is 3. The van der Waals surface area contributed by atoms with Crippen molar-refractivity contribution in [3.8, 4) is 0 Å². The van der Waals surface area contributed by atoms with Crippen molar-refractivity contribution >= 4 is 11.8 Å². The normalized spacial score (nSPS) is 17.1. The Labute approximate surface area is 100 Å². The summed E-state index contributed by atoms with van der Waals surface area (Å²) in [4.78, 5) is 17.0. The van der Waals surface area contributed by atoms with E-state index in [1.165, 1.54) is 6.20 Å². The summed E-state index contributed by atoms with van der Waals surface area (Å²) < 4.78 is 5.30. The van der Waals surface area contributed by atoms with Crippen LogP contribution < -0.4 is 4.90 Å². The number of carboxylic acid groups (broad SMARTS) is 1. The van der Waals surface area contributed by atoms with E-state index >= 15 is 0 Å². The number of pyridine rings is 1. The number of carbonyl (C=O) groups is 1. The predicted molar refractivity (Wildman–Crippen MR) is 63.4 cm³/mol. The van der Waals surface area contributed by atoms with E-state index in [1.807, 2.05) is 0 Å². The SMILES string of the molecule is COC1CCN(c2ccc(C(=O)O)cn2)CC1. The number of aromatic nitrogens is 1. The minimum atomic E-state index is -0.942. The highest BCUT2D eigenvalue weighted by Gasteiger charge is 2.19. The second-order valence-electron chi connectivity index (χ2n) is 4.13. The minimum absolute atomic E-state index is 0.223. The van der Waals surface area contributed by atoms with Crippen molar-refractivity contribution in [2.24, 2.45) is 0 Å². The smallest absolute Gasteiger partial charge is 0.337 e. The van der Waals surface area contributed by atoms with Gasteiger partial charge in [-0.1, -0.05) is 0 Å². The Balaban J connectivity index is 2.01. The highest BCUT2D eigenvalue weighted by Crippen LogP contribution is 2.19. The van der Waals surface area contributed by atoms with Crippen molar-refractivity contribution in [2.75, 3.05) is 25.1 Å². The van der Waals surface area contributed by atoms with Gasteiger partial charge in [0.05, 0.1) is 11.7 Å². The van der Waals surface area contributed by atoms with Crippen LogP contribution in [0.3, 0.4) is 0 Å². The van der Waals surface area contributed by atoms with Crippen LogP contribution in [0.15, 0.2) is 18.3 Å². The molecule has 1 fully saturated rings. The molecular weight excluding hydrogens is 220 g/mol. The Morgan fingerprint density at radius 3 is 2.65 bits per heavy atom. The number of aromatic carboxylic acids is 1. The van der Waals surface area contributed by atoms with E-state index in [4.69, 9.17) is 9.84 Å². The first kappa shape index (κ1) is 11.9. The molecule has 0 unspecified atom stereocenters. The third-order valence-electron chi connectivity index (χ3n) is 3.09. The fourth-order valence-electron chi connectivity index (χ4n) is 2.02. The number of piperidine rings is 1. The van der Waals surface area contributed by atoms with Crippen LogP contribution in [0.4, 0.5) is 5.82 Å². The molecular formula is C12H16N2O3. The lowest BCUT2D eigenvalue weighted by atomic mass is 10.1. The lowest BCUT2D eigenvalue weighted by molar-refractivity contribution is 0.0696. The van der Waals surface area contributed by atoms with Crippen LogP contribution >= 0.6 is 0 Å². The van der Waals surface area contributed by atoms with Crippen LogP contribution in [0.25, 0.3) is 0 Å². The van der Waals surface area contributed by atoms with Crippen LogP contribution in [0.5, 0.6) is 0 Å². The Kier molecular flexibility index (Phi) is 3.58. The summed E-state index contributed by atoms with van der Waals surface area (Å²) in [5.74, 6) is -0.105. The second-order valence-corrected chi connectivity index (χ2v) is 4.13. The van der Waals surface area contributed by atoms with Crippen molar-refractivity contribution in [1.29, 1.82) is 0 Å². The molecule has 1 aromatic heterocycles. The average Bonchev–Trinajstić information content (AvgIpc) is 2.39. The molecule has 0 amide bonds. The number of hydrogen-bond donors (Lipinski definition) is 1. The summed E-state index contributed by atoms with van der Waals surface area (Å²) in [6, 6.07) is 3.35. The summed E-state index contributed by atoms with van der Waals surface area (Å²) in [6.07, 6.45) is 3.71. The molecule has 5 heteroatoms. The van der Waals surface area contributed by atoms with Gasteiger partial charge in [0.2, 0.25) is 0 Å². The first-order valence-electron chi connectivity index (χ1n) is 5.68. The van der Waals surface area contributed by atoms with E-state index < -0.39 is 5.97 Å². The van der Waals surface area contributed by atoms with Gasteiger partial charge in [0, 0.05) is 26.4 Å². The molecule has 0 radical (unpaired) electrons. The zero-order valence-corrected chi connectivity index (χ0v) is 9.80. The lowest BCUT2D eigenvalue weighted by Gasteiger charge is -2.32. The van der Waals surface area contributed by atoms with Crippen molar-refractivity contribution < 1.29 is 14.6 Å². The van der Waals surface area contributed by atoms with Gasteiger partial charge in [-0.15, -0.1) is 0 Å². The molecule has 17 heavy (non-hydrogen) atoms. The van der Waals surface area contributed by atoms with E-state index in [2.05, 4.69) is 9.88 Å². The Hall–Kier alpha value is -1.62. The van der Waals surface area contributed by atoms with E-state index in [0.717, 1.165) is 31.7 Å². The minimum Gasteiger partial charge on any atom is -0.478 e. The van der Waals surface area contributed by atoms with Gasteiger partial charge >= 0.3 is 5.97 Å². The number of ether oxygens (including phenoxy) is 1. The number of nitrogens with zero attached hydrogens (tertiary/aromatic N) is 2. The van der Waals surface area contributed by atoms with Crippen LogP contribution in [-0.4, -0.2) is 42.4 Å². The third kappa shape index (κ3) is 2.74. The number of methoxy groups -OCH3 is 1. The van der Waals surface area contributed by atoms with Gasteiger partial charge in [-0.2, -0.15) is 0 Å². The molecule has 1 N–H and O–H groups in total. The molecule has 0 saturated carbocycles. The lowest BCUT2D eigenvalue weighted by Crippen LogP contribution is -2.37. The largest absolute Gasteiger partial charge is 0.478 e. The van der Waals surface area contributed by atoms with Crippen LogP contribution in [0, 0.1) is 0 Å². The summed E-state index contributed by atoms with van der Waals surface area (Å²) in [7, 11) is 1.74. The number of anilines is 1. The monoisotopic (exact) mass is 236 g/mol. The maximum atomic E-state index is 10.7. The summed E-state index contributed by atoms with van der Waals surface area (Å²) in [5, 5.41) is 8.78. The summed E-state index contributed by atoms with van der Waals surface area (Å²) >= 11 is 0. The Morgan fingerprint density at radius 2 is 2.18 bits per heavy atom. The van der Waals surface area contributed by atoms with E-state index in [-0.39, 0.29) is 5.56 Å². The fourth-order valence-corrected chi connectivity index (χ4v) is 2.02. The molecule has 5 nitrogen and oxygen atoms in total. The van der Waals surface area contributed by atoms with Gasteiger partial charge in [-0.25, -0.2) is 9.78 Å². The molecule has 2 rings (SSSR count). The fraction of sp³-hybridized carbons (Fsp3) is 0.500. The first-order valence-corrected chi connectivity index (χ1v) is 5.68. The molecule has 1 aliphatic rings. The van der Waals surface area contributed by atoms with Gasteiger partial charge in [0.15, 0.2) is 0 Å². The van der Waals surface area contributed by atoms with E-state index in [1.54, 1.807) is 19.2 Å². The molecule has 1 aliphatic heterocycles. The highest BCUT2D eigenvalue weighted by molar-refractivity contribution is 5.87. The molecule has 1 aromatic rings. The van der Waals surface area contributed by atoms with E-state index in [0.29, 0.717) is 6.10 Å². The molecule has 0 atom stereocenters. The van der Waals surface area contributed by atoms with Gasteiger partial charge in [-0.05, 0) is 25.0 Å². The topological polar surface area (TPSA) is 62.7 Å². The average molecular weight is 236 g/mol. The third-order valence-corrected chi connectivity index (χ3v) is 3.09. The van der Waals surface area contributed by atoms with Gasteiger partial charge < -0.3 is 14.7 Å².